The van der Waals surface area contributed by atoms with Gasteiger partial charge in [0.1, 0.15) is 0 Å². The zero-order chi connectivity index (χ0) is 30.7. The van der Waals surface area contributed by atoms with E-state index in [1.165, 1.54) is 15.5 Å². The Bertz CT molecular complexity index is 2420. The van der Waals surface area contributed by atoms with Crippen LogP contribution >= 0.6 is 30.2 Å². The van der Waals surface area contributed by atoms with Crippen molar-refractivity contribution < 1.29 is 4.57 Å². The van der Waals surface area contributed by atoms with Gasteiger partial charge in [0.05, 0.1) is 0 Å². The van der Waals surface area contributed by atoms with E-state index in [0.717, 1.165) is 47.1 Å². The predicted molar refractivity (Wildman–Crippen MR) is 193 cm³/mol. The van der Waals surface area contributed by atoms with Crippen molar-refractivity contribution in [3.8, 4) is 34.2 Å². The first kappa shape index (κ1) is 27.4. The number of aromatic nitrogens is 3. The molecule has 2 aromatic heterocycles. The Morgan fingerprint density at radius 2 is 1.02 bits per heavy atom. The molecule has 0 amide bonds. The number of rotatable bonds is 4. The van der Waals surface area contributed by atoms with E-state index in [-0.39, 0.29) is 0 Å². The van der Waals surface area contributed by atoms with Crippen LogP contribution in [0.15, 0.2) is 155 Å². The summed E-state index contributed by atoms with van der Waals surface area (Å²) >= 11 is 3.44. The van der Waals surface area contributed by atoms with Crippen molar-refractivity contribution in [2.45, 2.75) is 9.79 Å². The molecule has 0 spiro atoms. The lowest BCUT2D eigenvalue weighted by molar-refractivity contribution is 0.592. The van der Waals surface area contributed by atoms with Crippen LogP contribution in [-0.4, -0.2) is 15.0 Å². The summed E-state index contributed by atoms with van der Waals surface area (Å²) in [5.41, 5.74) is 2.62. The SMILES string of the molecule is O=P1(c2ccccc2)c2cc(-c3nc(-c4ccccc4)nc(-c4ccccc4)n3)ccc2Sc2cc3c(cc21)sc1ccccc13. The van der Waals surface area contributed by atoms with Crippen LogP contribution in [0.5, 0.6) is 0 Å². The first-order valence-corrected chi connectivity index (χ1v) is 18.3. The van der Waals surface area contributed by atoms with Gasteiger partial charge in [0.25, 0.3) is 0 Å². The zero-order valence-corrected chi connectivity index (χ0v) is 26.9. The van der Waals surface area contributed by atoms with Gasteiger partial charge in [-0.05, 0) is 30.3 Å². The molecule has 0 radical (unpaired) electrons. The summed E-state index contributed by atoms with van der Waals surface area (Å²) in [6.45, 7) is 0. The van der Waals surface area contributed by atoms with Gasteiger partial charge in [-0.2, -0.15) is 0 Å². The molecule has 1 aliphatic heterocycles. The Morgan fingerprint density at radius 3 is 1.70 bits per heavy atom. The summed E-state index contributed by atoms with van der Waals surface area (Å²) in [5, 5.41) is 4.97. The zero-order valence-electron chi connectivity index (χ0n) is 24.4. The molecule has 3 heterocycles. The van der Waals surface area contributed by atoms with Crippen LogP contribution in [0.4, 0.5) is 0 Å². The molecule has 218 valence electrons. The van der Waals surface area contributed by atoms with Crippen LogP contribution in [0.2, 0.25) is 0 Å². The van der Waals surface area contributed by atoms with Gasteiger partial charge in [-0.3, -0.25) is 0 Å². The number of fused-ring (bicyclic) bond motifs is 5. The summed E-state index contributed by atoms with van der Waals surface area (Å²) < 4.78 is 18.2. The van der Waals surface area contributed by atoms with Crippen molar-refractivity contribution in [3.63, 3.8) is 0 Å². The summed E-state index contributed by atoms with van der Waals surface area (Å²) in [5.74, 6) is 1.74. The van der Waals surface area contributed by atoms with Gasteiger partial charge in [0, 0.05) is 62.6 Å². The highest BCUT2D eigenvalue weighted by molar-refractivity contribution is 8.02. The Kier molecular flexibility index (Phi) is 6.49. The number of benzene rings is 6. The maximum Gasteiger partial charge on any atom is 0.173 e. The van der Waals surface area contributed by atoms with E-state index in [1.54, 1.807) is 23.1 Å². The summed E-state index contributed by atoms with van der Waals surface area (Å²) in [4.78, 5) is 16.8. The molecule has 6 aromatic carbocycles. The van der Waals surface area contributed by atoms with E-state index in [9.17, 15) is 0 Å². The fourth-order valence-electron chi connectivity index (χ4n) is 6.16. The lowest BCUT2D eigenvalue weighted by Gasteiger charge is -2.29. The molecule has 0 N–H and O–H groups in total. The molecule has 7 heteroatoms. The van der Waals surface area contributed by atoms with Gasteiger partial charge in [-0.25, -0.2) is 15.0 Å². The minimum Gasteiger partial charge on any atom is -0.309 e. The second-order valence-electron chi connectivity index (χ2n) is 11.2. The number of hydrogen-bond acceptors (Lipinski definition) is 6. The van der Waals surface area contributed by atoms with E-state index < -0.39 is 7.14 Å². The van der Waals surface area contributed by atoms with E-state index in [2.05, 4.69) is 42.5 Å². The fourth-order valence-corrected chi connectivity index (χ4v) is 12.1. The highest BCUT2D eigenvalue weighted by Gasteiger charge is 2.39. The molecule has 46 heavy (non-hydrogen) atoms. The molecule has 8 aromatic rings. The lowest BCUT2D eigenvalue weighted by atomic mass is 10.1. The Hall–Kier alpha value is -4.87. The monoisotopic (exact) mass is 645 g/mol. The first-order chi connectivity index (χ1) is 22.6. The van der Waals surface area contributed by atoms with Crippen molar-refractivity contribution in [2.75, 3.05) is 0 Å². The summed E-state index contributed by atoms with van der Waals surface area (Å²) in [6.07, 6.45) is 0. The number of thiophene rings is 1. The van der Waals surface area contributed by atoms with Gasteiger partial charge in [0.15, 0.2) is 24.6 Å². The quantitative estimate of drug-likeness (QED) is 0.179. The van der Waals surface area contributed by atoms with Crippen LogP contribution in [0.1, 0.15) is 0 Å². The highest BCUT2D eigenvalue weighted by atomic mass is 32.2. The smallest absolute Gasteiger partial charge is 0.173 e. The third-order valence-electron chi connectivity index (χ3n) is 8.39. The van der Waals surface area contributed by atoms with E-state index in [0.29, 0.717) is 17.5 Å². The summed E-state index contributed by atoms with van der Waals surface area (Å²) in [7, 11) is -3.27. The molecule has 0 saturated carbocycles. The third-order valence-corrected chi connectivity index (χ3v) is 14.1. The molecule has 4 nitrogen and oxygen atoms in total. The van der Waals surface area contributed by atoms with E-state index in [4.69, 9.17) is 15.0 Å². The molecule has 0 bridgehead atoms. The van der Waals surface area contributed by atoms with Gasteiger partial charge >= 0.3 is 0 Å². The maximum atomic E-state index is 15.8. The minimum absolute atomic E-state index is 0.547. The molecular weight excluding hydrogens is 622 g/mol. The topological polar surface area (TPSA) is 55.7 Å². The predicted octanol–water partition coefficient (Wildman–Crippen LogP) is 9.34. The second-order valence-corrected chi connectivity index (χ2v) is 16.0. The van der Waals surface area contributed by atoms with Gasteiger partial charge in [0.2, 0.25) is 0 Å². The van der Waals surface area contributed by atoms with Crippen molar-refractivity contribution in [1.82, 2.24) is 15.0 Å². The Morgan fingerprint density at radius 1 is 0.457 bits per heavy atom. The number of hydrogen-bond donors (Lipinski definition) is 0. The molecular formula is C39H24N3OPS2. The van der Waals surface area contributed by atoms with Gasteiger partial charge in [-0.1, -0.05) is 127 Å². The summed E-state index contributed by atoms with van der Waals surface area (Å²) in [6, 6.07) is 48.9. The largest absolute Gasteiger partial charge is 0.309 e. The first-order valence-electron chi connectivity index (χ1n) is 15.0. The third kappa shape index (κ3) is 4.45. The van der Waals surface area contributed by atoms with Crippen molar-refractivity contribution >= 4 is 66.3 Å². The van der Waals surface area contributed by atoms with Crippen LogP contribution in [0.25, 0.3) is 54.3 Å². The number of nitrogens with zero attached hydrogens (tertiary/aromatic N) is 3. The van der Waals surface area contributed by atoms with Gasteiger partial charge < -0.3 is 4.57 Å². The average molecular weight is 646 g/mol. The molecule has 0 fully saturated rings. The van der Waals surface area contributed by atoms with E-state index in [1.807, 2.05) is 103 Å². The molecule has 0 saturated heterocycles. The lowest BCUT2D eigenvalue weighted by Crippen LogP contribution is -2.30. The molecule has 9 rings (SSSR count). The molecule has 1 aliphatic rings. The van der Waals surface area contributed by atoms with Crippen molar-refractivity contribution in [3.05, 3.63) is 146 Å². The van der Waals surface area contributed by atoms with E-state index >= 15 is 4.57 Å². The van der Waals surface area contributed by atoms with Crippen molar-refractivity contribution in [1.29, 1.82) is 0 Å². The van der Waals surface area contributed by atoms with Crippen LogP contribution in [0, 0.1) is 0 Å². The molecule has 0 aliphatic carbocycles. The normalized spacial score (nSPS) is 15.5. The van der Waals surface area contributed by atoms with Gasteiger partial charge in [-0.15, -0.1) is 11.3 Å². The standard InChI is InChI=1S/C39H24N3OPS2/c43-44(28-16-8-3-9-17-28)31-22-27(39-41-37(25-12-4-1-5-13-25)40-38(42-39)26-14-6-2-7-15-26)20-21-34(31)46-36-23-30-29-18-10-11-19-33(29)45-35(30)24-32(36)44/h1-24H. The second kappa shape index (κ2) is 10.9. The van der Waals surface area contributed by atoms with Crippen molar-refractivity contribution in [2.24, 2.45) is 0 Å². The maximum absolute atomic E-state index is 15.8. The Labute approximate surface area is 274 Å². The minimum atomic E-state index is -3.27. The molecule has 1 unspecified atom stereocenters. The highest BCUT2D eigenvalue weighted by Crippen LogP contribution is 2.54. The molecule has 1 atom stereocenters. The van der Waals surface area contributed by atoms with Crippen LogP contribution in [0.3, 0.4) is 0 Å². The fraction of sp³-hybridized carbons (Fsp3) is 0. The van der Waals surface area contributed by atoms with Crippen LogP contribution < -0.4 is 15.9 Å². The average Bonchev–Trinajstić information content (AvgIpc) is 3.49. The van der Waals surface area contributed by atoms with Crippen LogP contribution in [-0.2, 0) is 4.57 Å². The Balaban J connectivity index is 1.27.